The Balaban J connectivity index is 1.79. The summed E-state index contributed by atoms with van der Waals surface area (Å²) in [5, 5.41) is 0. The van der Waals surface area contributed by atoms with Crippen LogP contribution in [0.2, 0.25) is 0 Å². The van der Waals surface area contributed by atoms with E-state index in [0.29, 0.717) is 10.8 Å². The van der Waals surface area contributed by atoms with E-state index in [4.69, 9.17) is 0 Å². The molecule has 0 aromatic rings. The molecule has 3 aliphatic rings. The zero-order valence-corrected chi connectivity index (χ0v) is 15.7. The van der Waals surface area contributed by atoms with E-state index in [1.165, 1.54) is 32.1 Å². The van der Waals surface area contributed by atoms with Gasteiger partial charge >= 0.3 is 0 Å². The predicted molar refractivity (Wildman–Crippen MR) is 96.7 cm³/mol. The van der Waals surface area contributed by atoms with Crippen molar-refractivity contribution in [3.05, 3.63) is 23.8 Å². The molecule has 124 valence electrons. The van der Waals surface area contributed by atoms with Gasteiger partial charge in [0, 0.05) is 0 Å². The smallest absolute Gasteiger partial charge is 0.0162 e. The maximum Gasteiger partial charge on any atom is -0.0162 e. The number of hydrogen-bond donors (Lipinski definition) is 0. The van der Waals surface area contributed by atoms with E-state index in [-0.39, 0.29) is 0 Å². The van der Waals surface area contributed by atoms with Gasteiger partial charge < -0.3 is 0 Å². The van der Waals surface area contributed by atoms with E-state index >= 15 is 0 Å². The number of hydrogen-bond acceptors (Lipinski definition) is 0. The first-order valence-corrected chi connectivity index (χ1v) is 9.57. The molecule has 0 heterocycles. The quantitative estimate of drug-likeness (QED) is 0.502. The molecule has 0 aliphatic heterocycles. The molecule has 22 heavy (non-hydrogen) atoms. The van der Waals surface area contributed by atoms with Gasteiger partial charge in [0.05, 0.1) is 0 Å². The van der Waals surface area contributed by atoms with Gasteiger partial charge in [-0.15, -0.1) is 0 Å². The van der Waals surface area contributed by atoms with E-state index in [1.807, 2.05) is 0 Å². The number of rotatable bonds is 2. The SMILES string of the molecule is C/C=C/C1CC1C1CCC2C(C1)C(C(C)(C)C)=CCC2(C)C. The van der Waals surface area contributed by atoms with Crippen molar-refractivity contribution < 1.29 is 0 Å². The molecule has 2 fully saturated rings. The lowest BCUT2D eigenvalue weighted by Gasteiger charge is -2.51. The molecule has 0 nitrogen and oxygen atoms in total. The molecule has 0 N–H and O–H groups in total. The molecule has 5 unspecified atom stereocenters. The van der Waals surface area contributed by atoms with Gasteiger partial charge in [-0.3, -0.25) is 0 Å². The van der Waals surface area contributed by atoms with Crippen LogP contribution >= 0.6 is 0 Å². The first kappa shape index (κ1) is 16.3. The van der Waals surface area contributed by atoms with Crippen molar-refractivity contribution in [1.29, 1.82) is 0 Å². The van der Waals surface area contributed by atoms with Crippen LogP contribution in [0.4, 0.5) is 0 Å². The molecule has 0 aromatic carbocycles. The third-order valence-electron chi connectivity index (χ3n) is 6.94. The Kier molecular flexibility index (Phi) is 4.11. The van der Waals surface area contributed by atoms with Gasteiger partial charge in [-0.1, -0.05) is 58.4 Å². The minimum atomic E-state index is 0.355. The molecule has 0 heteroatoms. The third kappa shape index (κ3) is 2.95. The van der Waals surface area contributed by atoms with E-state index in [2.05, 4.69) is 59.8 Å². The molecule has 0 saturated heterocycles. The Bertz CT molecular complexity index is 471. The highest BCUT2D eigenvalue weighted by molar-refractivity contribution is 5.23. The van der Waals surface area contributed by atoms with E-state index < -0.39 is 0 Å². The van der Waals surface area contributed by atoms with Gasteiger partial charge in [0.25, 0.3) is 0 Å². The zero-order chi connectivity index (χ0) is 16.1. The van der Waals surface area contributed by atoms with Crippen LogP contribution in [0.15, 0.2) is 23.8 Å². The van der Waals surface area contributed by atoms with E-state index in [1.54, 1.807) is 5.57 Å². The molecule has 2 saturated carbocycles. The van der Waals surface area contributed by atoms with Gasteiger partial charge in [-0.2, -0.15) is 0 Å². The summed E-state index contributed by atoms with van der Waals surface area (Å²) in [7, 11) is 0. The second-order valence-corrected chi connectivity index (χ2v) is 9.98. The lowest BCUT2D eigenvalue weighted by atomic mass is 9.54. The van der Waals surface area contributed by atoms with Crippen LogP contribution < -0.4 is 0 Å². The molecule has 0 bridgehead atoms. The summed E-state index contributed by atoms with van der Waals surface area (Å²) in [5.41, 5.74) is 2.65. The zero-order valence-electron chi connectivity index (χ0n) is 15.7. The molecule has 3 rings (SSSR count). The van der Waals surface area contributed by atoms with Crippen molar-refractivity contribution in [3.63, 3.8) is 0 Å². The average molecular weight is 301 g/mol. The molecular formula is C22H36. The van der Waals surface area contributed by atoms with Crippen molar-refractivity contribution in [3.8, 4) is 0 Å². The minimum Gasteiger partial charge on any atom is -0.0914 e. The minimum absolute atomic E-state index is 0.355. The molecule has 0 amide bonds. The summed E-state index contributed by atoms with van der Waals surface area (Å²) in [5.74, 6) is 4.67. The largest absolute Gasteiger partial charge is 0.0914 e. The molecular weight excluding hydrogens is 264 g/mol. The average Bonchev–Trinajstić information content (AvgIpc) is 3.16. The second-order valence-electron chi connectivity index (χ2n) is 9.98. The maximum atomic E-state index is 2.62. The summed E-state index contributed by atoms with van der Waals surface area (Å²) in [4.78, 5) is 0. The van der Waals surface area contributed by atoms with Crippen LogP contribution in [0, 0.1) is 40.4 Å². The fraction of sp³-hybridized carbons (Fsp3) is 0.818. The van der Waals surface area contributed by atoms with Crippen LogP contribution in [0.3, 0.4) is 0 Å². The molecule has 0 radical (unpaired) electrons. The second kappa shape index (κ2) is 5.53. The number of allylic oxidation sites excluding steroid dienone is 4. The molecule has 0 spiro atoms. The standard InChI is InChI=1S/C22H36/c1-7-8-15-13-17(15)16-9-10-20-18(14-16)19(21(2,3)4)11-12-22(20,5)6/h7-8,11,15-18,20H,9-10,12-14H2,1-6H3/b8-7+. The summed E-state index contributed by atoms with van der Waals surface area (Å²) >= 11 is 0. The normalized spacial score (nSPS) is 41.2. The van der Waals surface area contributed by atoms with Crippen LogP contribution in [-0.2, 0) is 0 Å². The Morgan fingerprint density at radius 1 is 1.14 bits per heavy atom. The predicted octanol–water partition coefficient (Wildman–Crippen LogP) is 6.63. The van der Waals surface area contributed by atoms with Crippen molar-refractivity contribution in [1.82, 2.24) is 0 Å². The van der Waals surface area contributed by atoms with Crippen molar-refractivity contribution in [2.45, 2.75) is 73.6 Å². The van der Waals surface area contributed by atoms with Crippen molar-refractivity contribution in [2.75, 3.05) is 0 Å². The van der Waals surface area contributed by atoms with Gasteiger partial charge in [0.2, 0.25) is 0 Å². The summed E-state index contributed by atoms with van der Waals surface area (Å²) in [6, 6.07) is 0. The fourth-order valence-electron chi connectivity index (χ4n) is 5.66. The summed E-state index contributed by atoms with van der Waals surface area (Å²) < 4.78 is 0. The maximum absolute atomic E-state index is 2.62. The Hall–Kier alpha value is -0.520. The topological polar surface area (TPSA) is 0 Å². The number of fused-ring (bicyclic) bond motifs is 1. The first-order chi connectivity index (χ1) is 10.2. The van der Waals surface area contributed by atoms with E-state index in [9.17, 15) is 0 Å². The highest BCUT2D eigenvalue weighted by atomic mass is 14.5. The van der Waals surface area contributed by atoms with Crippen LogP contribution in [0.5, 0.6) is 0 Å². The highest BCUT2D eigenvalue weighted by Gasteiger charge is 2.50. The van der Waals surface area contributed by atoms with Gasteiger partial charge in [0.15, 0.2) is 0 Å². The third-order valence-corrected chi connectivity index (χ3v) is 6.94. The lowest BCUT2D eigenvalue weighted by Crippen LogP contribution is -2.42. The van der Waals surface area contributed by atoms with Crippen LogP contribution in [-0.4, -0.2) is 0 Å². The Labute approximate surface area is 138 Å². The van der Waals surface area contributed by atoms with Crippen molar-refractivity contribution in [2.24, 2.45) is 40.4 Å². The van der Waals surface area contributed by atoms with Gasteiger partial charge in [-0.05, 0) is 79.4 Å². The molecule has 3 aliphatic carbocycles. The lowest BCUT2D eigenvalue weighted by molar-refractivity contribution is 0.0580. The summed E-state index contributed by atoms with van der Waals surface area (Å²) in [6.45, 7) is 14.5. The van der Waals surface area contributed by atoms with Crippen LogP contribution in [0.25, 0.3) is 0 Å². The summed E-state index contributed by atoms with van der Waals surface area (Å²) in [6.07, 6.45) is 14.5. The fourth-order valence-corrected chi connectivity index (χ4v) is 5.66. The van der Waals surface area contributed by atoms with Crippen LogP contribution in [0.1, 0.15) is 73.6 Å². The first-order valence-electron chi connectivity index (χ1n) is 9.57. The monoisotopic (exact) mass is 300 g/mol. The van der Waals surface area contributed by atoms with E-state index in [0.717, 1.165) is 29.6 Å². The highest BCUT2D eigenvalue weighted by Crippen LogP contribution is 2.59. The van der Waals surface area contributed by atoms with Gasteiger partial charge in [-0.25, -0.2) is 0 Å². The molecule has 0 aromatic heterocycles. The molecule has 5 atom stereocenters. The Morgan fingerprint density at radius 2 is 1.86 bits per heavy atom. The van der Waals surface area contributed by atoms with Crippen molar-refractivity contribution >= 4 is 0 Å². The Morgan fingerprint density at radius 3 is 2.50 bits per heavy atom. The van der Waals surface area contributed by atoms with Gasteiger partial charge in [0.1, 0.15) is 0 Å².